The van der Waals surface area contributed by atoms with Crippen molar-refractivity contribution in [3.05, 3.63) is 41.7 Å². The maximum Gasteiger partial charge on any atom is 0.226 e. The van der Waals surface area contributed by atoms with Crippen molar-refractivity contribution < 1.29 is 4.79 Å². The molecule has 28 heavy (non-hydrogen) atoms. The zero-order valence-corrected chi connectivity index (χ0v) is 18.1. The van der Waals surface area contributed by atoms with E-state index in [1.165, 1.54) is 17.1 Å². The smallest absolute Gasteiger partial charge is 0.226 e. The maximum atomic E-state index is 13.0. The van der Waals surface area contributed by atoms with Crippen LogP contribution in [0.15, 0.2) is 30.3 Å². The molecule has 1 fully saturated rings. The third-order valence-electron chi connectivity index (χ3n) is 5.59. The molecule has 0 N–H and O–H groups in total. The van der Waals surface area contributed by atoms with Crippen LogP contribution in [0.25, 0.3) is 0 Å². The van der Waals surface area contributed by atoms with Crippen LogP contribution < -0.4 is 4.90 Å². The highest BCUT2D eigenvalue weighted by Crippen LogP contribution is 2.25. The van der Waals surface area contributed by atoms with Crippen LogP contribution in [0, 0.1) is 5.92 Å². The molecule has 2 atom stereocenters. The molecule has 0 aliphatic carbocycles. The normalized spacial score (nSPS) is 18.3. The van der Waals surface area contributed by atoms with E-state index >= 15 is 0 Å². The van der Waals surface area contributed by atoms with Crippen molar-refractivity contribution in [1.29, 1.82) is 0 Å². The Labute approximate surface area is 172 Å². The second kappa shape index (κ2) is 10.0. The van der Waals surface area contributed by atoms with Gasteiger partial charge in [0.1, 0.15) is 5.82 Å². The van der Waals surface area contributed by atoms with Crippen molar-refractivity contribution in [3.63, 3.8) is 0 Å². The Morgan fingerprint density at radius 3 is 2.71 bits per heavy atom. The lowest BCUT2D eigenvalue weighted by Crippen LogP contribution is -2.55. The molecule has 3 rings (SSSR count). The van der Waals surface area contributed by atoms with Crippen LogP contribution >= 0.6 is 11.5 Å². The Morgan fingerprint density at radius 2 is 2.04 bits per heavy atom. The number of rotatable bonds is 8. The highest BCUT2D eigenvalue weighted by molar-refractivity contribution is 7.09. The summed E-state index contributed by atoms with van der Waals surface area (Å²) in [5, 5.41) is 0.975. The summed E-state index contributed by atoms with van der Waals surface area (Å²) in [5.41, 5.74) is 1.23. The van der Waals surface area contributed by atoms with Crippen molar-refractivity contribution >= 4 is 22.6 Å². The van der Waals surface area contributed by atoms with E-state index in [4.69, 9.17) is 4.98 Å². The Bertz CT molecular complexity index is 748. The minimum atomic E-state index is 0.174. The molecular weight excluding hydrogens is 368 g/mol. The lowest BCUT2D eigenvalue weighted by Gasteiger charge is -2.41. The summed E-state index contributed by atoms with van der Waals surface area (Å²) in [7, 11) is 0. The zero-order chi connectivity index (χ0) is 19.9. The van der Waals surface area contributed by atoms with Gasteiger partial charge in [0.05, 0.1) is 0 Å². The Hall–Kier alpha value is -1.95. The van der Waals surface area contributed by atoms with Crippen molar-refractivity contribution in [1.82, 2.24) is 14.3 Å². The first-order chi connectivity index (χ1) is 13.6. The fraction of sp³-hybridized carbons (Fsp3) is 0.591. The van der Waals surface area contributed by atoms with Crippen molar-refractivity contribution in [2.75, 3.05) is 24.5 Å². The lowest BCUT2D eigenvalue weighted by atomic mass is 9.96. The van der Waals surface area contributed by atoms with Crippen LogP contribution in [0.2, 0.25) is 0 Å². The fourth-order valence-corrected chi connectivity index (χ4v) is 4.59. The van der Waals surface area contributed by atoms with Gasteiger partial charge in [0.25, 0.3) is 0 Å². The van der Waals surface area contributed by atoms with Gasteiger partial charge in [-0.15, -0.1) is 0 Å². The molecule has 1 saturated heterocycles. The number of hydrogen-bond acceptors (Lipinski definition) is 5. The average molecular weight is 401 g/mol. The predicted octanol–water partition coefficient (Wildman–Crippen LogP) is 4.38. The summed E-state index contributed by atoms with van der Waals surface area (Å²) in [5.74, 6) is 1.39. The molecule has 1 aliphatic rings. The molecule has 2 heterocycles. The van der Waals surface area contributed by atoms with E-state index in [9.17, 15) is 4.79 Å². The minimum absolute atomic E-state index is 0.174. The first-order valence-electron chi connectivity index (χ1n) is 10.5. The summed E-state index contributed by atoms with van der Waals surface area (Å²) >= 11 is 1.47. The summed E-state index contributed by atoms with van der Waals surface area (Å²) in [6, 6.07) is 10.5. The molecular formula is C22H32N4OS. The van der Waals surface area contributed by atoms with Crippen molar-refractivity contribution in [3.8, 4) is 0 Å². The maximum absolute atomic E-state index is 13.0. The first-order valence-corrected chi connectivity index (χ1v) is 11.3. The van der Waals surface area contributed by atoms with E-state index in [0.29, 0.717) is 5.91 Å². The number of amides is 1. The van der Waals surface area contributed by atoms with Gasteiger partial charge >= 0.3 is 0 Å². The minimum Gasteiger partial charge on any atom is -0.343 e. The van der Waals surface area contributed by atoms with Gasteiger partial charge in [-0.3, -0.25) is 4.79 Å². The zero-order valence-electron chi connectivity index (χ0n) is 17.3. The van der Waals surface area contributed by atoms with E-state index in [1.54, 1.807) is 0 Å². The number of unbranched alkanes of at least 4 members (excludes halogenated alkanes) is 1. The van der Waals surface area contributed by atoms with E-state index < -0.39 is 0 Å². The van der Waals surface area contributed by atoms with Crippen LogP contribution in [-0.2, 0) is 11.2 Å². The van der Waals surface area contributed by atoms with Gasteiger partial charge in [-0.2, -0.15) is 4.37 Å². The van der Waals surface area contributed by atoms with Gasteiger partial charge in [-0.05, 0) is 25.3 Å². The number of anilines is 1. The second-order valence-corrected chi connectivity index (χ2v) is 8.46. The van der Waals surface area contributed by atoms with E-state index in [1.807, 2.05) is 18.2 Å². The van der Waals surface area contributed by atoms with E-state index in [2.05, 4.69) is 47.1 Å². The average Bonchev–Trinajstić information content (AvgIpc) is 3.17. The molecule has 152 valence electrons. The van der Waals surface area contributed by atoms with E-state index in [0.717, 1.165) is 62.7 Å². The Balaban J connectivity index is 1.58. The van der Waals surface area contributed by atoms with Crippen LogP contribution in [0.1, 0.15) is 57.8 Å². The quantitative estimate of drug-likeness (QED) is 0.660. The summed E-state index contributed by atoms with van der Waals surface area (Å²) < 4.78 is 4.55. The van der Waals surface area contributed by atoms with Gasteiger partial charge in [0, 0.05) is 49.5 Å². The van der Waals surface area contributed by atoms with Crippen LogP contribution in [-0.4, -0.2) is 45.8 Å². The SMILES string of the molecule is CCCC[C@H](CC)C(=O)N1CCN(c2nc(Cc3ccccc3)ns2)C[C@@H]1C. The standard InChI is InChI=1S/C22H32N4OS/c1-4-6-12-19(5-2)21(27)26-14-13-25(16-17(26)3)22-23-20(24-28-22)15-18-10-8-7-9-11-18/h7-11,17,19H,4-6,12-16H2,1-3H3/t17-,19-/m0/s1. The summed E-state index contributed by atoms with van der Waals surface area (Å²) in [6.45, 7) is 8.91. The number of hydrogen-bond donors (Lipinski definition) is 0. The third-order valence-corrected chi connectivity index (χ3v) is 6.41. The second-order valence-electron chi connectivity index (χ2n) is 7.73. The molecule has 5 nitrogen and oxygen atoms in total. The highest BCUT2D eigenvalue weighted by Gasteiger charge is 2.31. The van der Waals surface area contributed by atoms with Crippen LogP contribution in [0.5, 0.6) is 0 Å². The van der Waals surface area contributed by atoms with Gasteiger partial charge < -0.3 is 9.80 Å². The molecule has 1 aromatic carbocycles. The number of nitrogens with zero attached hydrogens (tertiary/aromatic N) is 4. The van der Waals surface area contributed by atoms with Gasteiger partial charge in [-0.25, -0.2) is 4.98 Å². The summed E-state index contributed by atoms with van der Waals surface area (Å²) in [6.07, 6.45) is 4.99. The van der Waals surface area contributed by atoms with Crippen molar-refractivity contribution in [2.45, 2.75) is 58.9 Å². The monoisotopic (exact) mass is 400 g/mol. The van der Waals surface area contributed by atoms with Gasteiger partial charge in [-0.1, -0.05) is 57.0 Å². The Morgan fingerprint density at radius 1 is 1.25 bits per heavy atom. The molecule has 0 saturated carbocycles. The number of benzene rings is 1. The molecule has 0 spiro atoms. The number of carbonyl (C=O) groups is 1. The topological polar surface area (TPSA) is 49.3 Å². The number of carbonyl (C=O) groups excluding carboxylic acids is 1. The van der Waals surface area contributed by atoms with Gasteiger partial charge in [0.15, 0.2) is 0 Å². The highest BCUT2D eigenvalue weighted by atomic mass is 32.1. The van der Waals surface area contributed by atoms with E-state index in [-0.39, 0.29) is 12.0 Å². The molecule has 1 aromatic heterocycles. The molecule has 1 aliphatic heterocycles. The van der Waals surface area contributed by atoms with Crippen LogP contribution in [0.3, 0.4) is 0 Å². The molecule has 0 bridgehead atoms. The molecule has 0 radical (unpaired) electrons. The lowest BCUT2D eigenvalue weighted by molar-refractivity contribution is -0.138. The predicted molar refractivity (Wildman–Crippen MR) is 116 cm³/mol. The number of piperazine rings is 1. The Kier molecular flexibility index (Phi) is 7.43. The molecule has 6 heteroatoms. The van der Waals surface area contributed by atoms with Crippen molar-refractivity contribution in [2.24, 2.45) is 5.92 Å². The molecule has 0 unspecified atom stereocenters. The first kappa shape index (κ1) is 20.8. The molecule has 1 amide bonds. The molecule has 2 aromatic rings. The van der Waals surface area contributed by atoms with Crippen LogP contribution in [0.4, 0.5) is 5.13 Å². The fourth-order valence-electron chi connectivity index (χ4n) is 3.87. The number of aromatic nitrogens is 2. The third kappa shape index (κ3) is 5.10. The summed E-state index contributed by atoms with van der Waals surface area (Å²) in [4.78, 5) is 22.1. The largest absolute Gasteiger partial charge is 0.343 e. The van der Waals surface area contributed by atoms with Gasteiger partial charge in [0.2, 0.25) is 11.0 Å².